The van der Waals surface area contributed by atoms with Gasteiger partial charge in [-0.2, -0.15) is 0 Å². The summed E-state index contributed by atoms with van der Waals surface area (Å²) in [5.41, 5.74) is 20.7. The normalized spacial score (nSPS) is 16.9. The fraction of sp³-hybridized carbons (Fsp3) is 0.300. The summed E-state index contributed by atoms with van der Waals surface area (Å²) in [4.78, 5) is 4.85. The Balaban J connectivity index is 1.36. The van der Waals surface area contributed by atoms with Gasteiger partial charge in [0.25, 0.3) is 6.71 Å². The first-order valence-electron chi connectivity index (χ1n) is 24.5. The Morgan fingerprint density at radius 1 is 0.492 bits per heavy atom. The first-order chi connectivity index (χ1) is 31.0. The van der Waals surface area contributed by atoms with E-state index in [4.69, 9.17) is 4.11 Å². The molecule has 0 bridgehead atoms. The van der Waals surface area contributed by atoms with E-state index in [1.165, 1.54) is 38.7 Å². The average molecular weight is 826 g/mol. The summed E-state index contributed by atoms with van der Waals surface area (Å²) in [6, 6.07) is 51.1. The highest BCUT2D eigenvalue weighted by atomic mass is 15.2. The smallest absolute Gasteiger partial charge is 0.252 e. The molecule has 0 saturated heterocycles. The number of nitrogens with zero attached hydrogens (tertiary/aromatic N) is 2. The zero-order valence-electron chi connectivity index (χ0n) is 42.2. The van der Waals surface area contributed by atoms with Gasteiger partial charge < -0.3 is 9.80 Å². The van der Waals surface area contributed by atoms with Crippen molar-refractivity contribution < 1.29 is 4.11 Å². The number of fused-ring (bicyclic) bond motifs is 5. The van der Waals surface area contributed by atoms with E-state index in [0.717, 1.165) is 74.7 Å². The highest BCUT2D eigenvalue weighted by Gasteiger charge is 2.47. The summed E-state index contributed by atoms with van der Waals surface area (Å²) >= 11 is 0. The highest BCUT2D eigenvalue weighted by molar-refractivity contribution is 7.00. The standard InChI is InChI=1S/C60H63BN2/c1-38-31-54-56-55(32-38)63(51-28-25-43(57(3,4)5)34-45(51)41-21-17-14-18-22-41)52-35-44(58(6,7)8)24-26-48(52)61(56)49-36-46-47(60(11,12)30-29-59(46,9)10)37-53(49)62(54)50-27-23-42(33-39(50)2)40-19-15-13-16-20-40/h13-28,31-37H,29-30H2,1-12H3/i1D3. The molecule has 0 saturated carbocycles. The second-order valence-electron chi connectivity index (χ2n) is 22.0. The van der Waals surface area contributed by atoms with Crippen molar-refractivity contribution in [2.75, 3.05) is 9.80 Å². The third-order valence-corrected chi connectivity index (χ3v) is 14.6. The van der Waals surface area contributed by atoms with Gasteiger partial charge in [-0.25, -0.2) is 0 Å². The topological polar surface area (TPSA) is 6.48 Å². The van der Waals surface area contributed by atoms with E-state index in [1.807, 2.05) is 12.1 Å². The molecule has 0 unspecified atom stereocenters. The lowest BCUT2D eigenvalue weighted by Crippen LogP contribution is -2.62. The lowest BCUT2D eigenvalue weighted by Gasteiger charge is -2.48. The maximum Gasteiger partial charge on any atom is 0.252 e. The number of benzene rings is 7. The molecule has 10 rings (SSSR count). The van der Waals surface area contributed by atoms with Gasteiger partial charge in [-0.05, 0) is 163 Å². The average Bonchev–Trinajstić information content (AvgIpc) is 3.27. The van der Waals surface area contributed by atoms with Crippen LogP contribution in [0.4, 0.5) is 34.1 Å². The summed E-state index contributed by atoms with van der Waals surface area (Å²) in [6.07, 6.45) is 2.20. The van der Waals surface area contributed by atoms with Crippen molar-refractivity contribution in [2.45, 2.75) is 118 Å². The minimum atomic E-state index is -2.38. The molecule has 0 aromatic heterocycles. The largest absolute Gasteiger partial charge is 0.311 e. The second kappa shape index (κ2) is 14.4. The monoisotopic (exact) mass is 826 g/mol. The first kappa shape index (κ1) is 37.7. The Bertz CT molecular complexity index is 3060. The van der Waals surface area contributed by atoms with Crippen molar-refractivity contribution in [3.8, 4) is 22.3 Å². The lowest BCUT2D eigenvalue weighted by atomic mass is 9.33. The van der Waals surface area contributed by atoms with Crippen molar-refractivity contribution >= 4 is 57.2 Å². The van der Waals surface area contributed by atoms with Gasteiger partial charge in [-0.1, -0.05) is 160 Å². The van der Waals surface area contributed by atoms with E-state index in [-0.39, 0.29) is 28.4 Å². The molecule has 0 atom stereocenters. The molecule has 0 radical (unpaired) electrons. The third-order valence-electron chi connectivity index (χ3n) is 14.6. The molecule has 3 aliphatic rings. The van der Waals surface area contributed by atoms with E-state index >= 15 is 0 Å². The van der Waals surface area contributed by atoms with Crippen LogP contribution in [-0.2, 0) is 21.7 Å². The number of anilines is 6. The Kier molecular flexibility index (Phi) is 8.60. The lowest BCUT2D eigenvalue weighted by molar-refractivity contribution is 0.332. The molecule has 3 heteroatoms. The van der Waals surface area contributed by atoms with Crippen LogP contribution in [0.3, 0.4) is 0 Å². The van der Waals surface area contributed by atoms with E-state index in [9.17, 15) is 0 Å². The van der Waals surface area contributed by atoms with Crippen LogP contribution in [0.1, 0.15) is 120 Å². The summed E-state index contributed by atoms with van der Waals surface area (Å²) in [5, 5.41) is 0. The fourth-order valence-electron chi connectivity index (χ4n) is 10.8. The van der Waals surface area contributed by atoms with Crippen LogP contribution in [0.5, 0.6) is 0 Å². The zero-order valence-corrected chi connectivity index (χ0v) is 39.2. The van der Waals surface area contributed by atoms with Gasteiger partial charge in [0, 0.05) is 38.1 Å². The Morgan fingerprint density at radius 2 is 1.03 bits per heavy atom. The minimum Gasteiger partial charge on any atom is -0.311 e. The highest BCUT2D eigenvalue weighted by Crippen LogP contribution is 2.52. The number of rotatable bonds is 4. The maximum absolute atomic E-state index is 9.13. The molecule has 7 aromatic rings. The maximum atomic E-state index is 9.13. The molecule has 316 valence electrons. The van der Waals surface area contributed by atoms with Gasteiger partial charge in [0.15, 0.2) is 0 Å². The summed E-state index contributed by atoms with van der Waals surface area (Å²) < 4.78 is 27.4. The van der Waals surface area contributed by atoms with Crippen LogP contribution in [-0.4, -0.2) is 6.71 Å². The van der Waals surface area contributed by atoms with E-state index in [1.54, 1.807) is 0 Å². The quantitative estimate of drug-likeness (QED) is 0.163. The Morgan fingerprint density at radius 3 is 1.63 bits per heavy atom. The predicted molar refractivity (Wildman–Crippen MR) is 273 cm³/mol. The minimum absolute atomic E-state index is 0.0226. The summed E-state index contributed by atoms with van der Waals surface area (Å²) in [7, 11) is 0. The number of aryl methyl sites for hydroxylation is 2. The molecule has 63 heavy (non-hydrogen) atoms. The van der Waals surface area contributed by atoms with E-state index in [2.05, 4.69) is 213 Å². The molecule has 1 aliphatic carbocycles. The van der Waals surface area contributed by atoms with Crippen molar-refractivity contribution in [3.05, 3.63) is 173 Å². The van der Waals surface area contributed by atoms with E-state index < -0.39 is 6.85 Å². The van der Waals surface area contributed by atoms with Crippen molar-refractivity contribution in [1.82, 2.24) is 0 Å². The van der Waals surface area contributed by atoms with Crippen LogP contribution in [0.25, 0.3) is 22.3 Å². The van der Waals surface area contributed by atoms with Crippen LogP contribution in [0.15, 0.2) is 140 Å². The van der Waals surface area contributed by atoms with Gasteiger partial charge in [0.05, 0.1) is 5.69 Å². The van der Waals surface area contributed by atoms with Gasteiger partial charge >= 0.3 is 0 Å². The second-order valence-corrected chi connectivity index (χ2v) is 22.0. The molecular formula is C60H63BN2. The first-order valence-corrected chi connectivity index (χ1v) is 23.0. The molecule has 0 N–H and O–H groups in total. The molecule has 7 aromatic carbocycles. The molecule has 2 nitrogen and oxygen atoms in total. The van der Waals surface area contributed by atoms with Crippen molar-refractivity contribution in [3.63, 3.8) is 0 Å². The SMILES string of the molecule is [2H]C([2H])([2H])c1cc2c3c(c1)N(c1ccc(C(C)(C)C)cc1-c1ccccc1)c1cc(C(C)(C)C)ccc1B3c1cc3c(cc1N2c1ccc(-c2ccccc2)cc1C)C(C)(C)CCC3(C)C. The van der Waals surface area contributed by atoms with Gasteiger partial charge in [-0.15, -0.1) is 0 Å². The van der Waals surface area contributed by atoms with Crippen LogP contribution in [0.2, 0.25) is 0 Å². The van der Waals surface area contributed by atoms with Crippen LogP contribution < -0.4 is 26.2 Å². The van der Waals surface area contributed by atoms with E-state index in [0.29, 0.717) is 5.56 Å². The Hall–Kier alpha value is -5.80. The molecule has 2 aliphatic heterocycles. The fourth-order valence-corrected chi connectivity index (χ4v) is 10.8. The summed E-state index contributed by atoms with van der Waals surface area (Å²) in [6.45, 7) is 23.0. The van der Waals surface area contributed by atoms with Crippen LogP contribution in [0, 0.1) is 13.8 Å². The third kappa shape index (κ3) is 6.77. The Labute approximate surface area is 382 Å². The van der Waals surface area contributed by atoms with Gasteiger partial charge in [0.2, 0.25) is 0 Å². The molecule has 0 amide bonds. The van der Waals surface area contributed by atoms with Gasteiger partial charge in [0.1, 0.15) is 0 Å². The number of hydrogen-bond donors (Lipinski definition) is 0. The predicted octanol–water partition coefficient (Wildman–Crippen LogP) is 14.7. The molecule has 0 fully saturated rings. The van der Waals surface area contributed by atoms with Crippen molar-refractivity contribution in [1.29, 1.82) is 0 Å². The molecule has 2 heterocycles. The van der Waals surface area contributed by atoms with Crippen LogP contribution >= 0.6 is 0 Å². The molecular weight excluding hydrogens is 759 g/mol. The number of hydrogen-bond acceptors (Lipinski definition) is 2. The zero-order chi connectivity index (χ0) is 46.9. The molecule has 0 spiro atoms. The summed E-state index contributed by atoms with van der Waals surface area (Å²) in [5.74, 6) is 0. The van der Waals surface area contributed by atoms with Gasteiger partial charge in [-0.3, -0.25) is 0 Å². The van der Waals surface area contributed by atoms with Crippen molar-refractivity contribution in [2.24, 2.45) is 0 Å².